The predicted molar refractivity (Wildman–Crippen MR) is 168 cm³/mol. The Morgan fingerprint density at radius 2 is 1.29 bits per heavy atom. The summed E-state index contributed by atoms with van der Waals surface area (Å²) < 4.78 is 16.2. The summed E-state index contributed by atoms with van der Waals surface area (Å²) in [5.74, 6) is 0.500. The highest BCUT2D eigenvalue weighted by atomic mass is 16.5. The zero-order valence-corrected chi connectivity index (χ0v) is 25.3. The van der Waals surface area contributed by atoms with E-state index < -0.39 is 18.2 Å². The smallest absolute Gasteiger partial charge is 0.343 e. The number of rotatable bonds is 13. The van der Waals surface area contributed by atoms with Crippen LogP contribution in [0.2, 0.25) is 0 Å². The monoisotopic (exact) mass is 612 g/mol. The van der Waals surface area contributed by atoms with Crippen LogP contribution < -0.4 is 19.5 Å². The summed E-state index contributed by atoms with van der Waals surface area (Å²) in [7, 11) is 1.57. The number of nitrogens with one attached hydrogen (secondary N) is 1. The minimum absolute atomic E-state index is 0.0183. The normalized spacial score (nSPS) is 10.8. The largest absolute Gasteiger partial charge is 0.497 e. The number of aliphatic hydroxyl groups excluding tert-OH is 1. The first-order valence-corrected chi connectivity index (χ1v) is 14.4. The van der Waals surface area contributed by atoms with Gasteiger partial charge in [0, 0.05) is 17.8 Å². The lowest BCUT2D eigenvalue weighted by Crippen LogP contribution is -2.37. The van der Waals surface area contributed by atoms with Crippen molar-refractivity contribution in [1.29, 1.82) is 0 Å². The first-order valence-electron chi connectivity index (χ1n) is 14.4. The number of hydrogen-bond acceptors (Lipinski definition) is 8. The Balaban J connectivity index is 1.34. The molecule has 4 rings (SSSR count). The number of ether oxygens (including phenoxy) is 3. The van der Waals surface area contributed by atoms with Gasteiger partial charge in [-0.2, -0.15) is 0 Å². The SMILES string of the molecule is COc1ccc(CC(=O)Nc2ccc(C(=O)N(Cc3ccc(OC(=O)c4ccc(OC(C)C)cc4)cc3)CC(O)O)cc2)cc1. The van der Waals surface area contributed by atoms with Crippen molar-refractivity contribution in [2.45, 2.75) is 39.2 Å². The van der Waals surface area contributed by atoms with Gasteiger partial charge in [0.15, 0.2) is 6.29 Å². The van der Waals surface area contributed by atoms with E-state index in [1.807, 2.05) is 26.0 Å². The maximum Gasteiger partial charge on any atom is 0.343 e. The third-order valence-corrected chi connectivity index (χ3v) is 6.58. The van der Waals surface area contributed by atoms with Gasteiger partial charge in [0.1, 0.15) is 17.2 Å². The van der Waals surface area contributed by atoms with Gasteiger partial charge in [-0.3, -0.25) is 9.59 Å². The van der Waals surface area contributed by atoms with Gasteiger partial charge in [0.2, 0.25) is 5.91 Å². The number of nitrogens with zero attached hydrogens (tertiary/aromatic N) is 1. The van der Waals surface area contributed by atoms with Crippen LogP contribution in [0.4, 0.5) is 5.69 Å². The number of methoxy groups -OCH3 is 1. The van der Waals surface area contributed by atoms with Crippen molar-refractivity contribution in [1.82, 2.24) is 4.90 Å². The lowest BCUT2D eigenvalue weighted by atomic mass is 10.1. The maximum atomic E-state index is 13.3. The minimum Gasteiger partial charge on any atom is -0.497 e. The maximum absolute atomic E-state index is 13.3. The number of esters is 1. The van der Waals surface area contributed by atoms with Crippen LogP contribution in [0.5, 0.6) is 17.2 Å². The topological polar surface area (TPSA) is 135 Å². The Bertz CT molecular complexity index is 1570. The molecule has 0 atom stereocenters. The van der Waals surface area contributed by atoms with Crippen LogP contribution in [-0.4, -0.2) is 58.9 Å². The number of anilines is 1. The van der Waals surface area contributed by atoms with Crippen LogP contribution in [-0.2, 0) is 17.8 Å². The van der Waals surface area contributed by atoms with Crippen LogP contribution >= 0.6 is 0 Å². The molecule has 0 aliphatic heterocycles. The molecule has 0 saturated carbocycles. The summed E-state index contributed by atoms with van der Waals surface area (Å²) in [4.78, 5) is 39.6. The number of amides is 2. The molecule has 0 unspecified atom stereocenters. The fraction of sp³-hybridized carbons (Fsp3) is 0.229. The quantitative estimate of drug-likeness (QED) is 0.111. The molecule has 0 aromatic heterocycles. The predicted octanol–water partition coefficient (Wildman–Crippen LogP) is 4.84. The molecule has 10 heteroatoms. The summed E-state index contributed by atoms with van der Waals surface area (Å²) in [5.41, 5.74) is 2.70. The van der Waals surface area contributed by atoms with Crippen molar-refractivity contribution in [3.05, 3.63) is 119 Å². The van der Waals surface area contributed by atoms with Gasteiger partial charge in [0.25, 0.3) is 5.91 Å². The van der Waals surface area contributed by atoms with Gasteiger partial charge >= 0.3 is 5.97 Å². The minimum atomic E-state index is -1.75. The van der Waals surface area contributed by atoms with Gasteiger partial charge in [-0.25, -0.2) is 4.79 Å². The molecule has 0 heterocycles. The zero-order chi connectivity index (χ0) is 32.3. The number of benzene rings is 4. The van der Waals surface area contributed by atoms with Crippen molar-refractivity contribution in [2.75, 3.05) is 19.0 Å². The molecule has 2 amide bonds. The molecular weight excluding hydrogens is 576 g/mol. The van der Waals surface area contributed by atoms with E-state index in [0.717, 1.165) is 5.56 Å². The van der Waals surface area contributed by atoms with Crippen molar-refractivity contribution in [3.63, 3.8) is 0 Å². The molecule has 0 fully saturated rings. The van der Waals surface area contributed by atoms with Gasteiger partial charge in [-0.1, -0.05) is 24.3 Å². The summed E-state index contributed by atoms with van der Waals surface area (Å²) in [6.45, 7) is 3.58. The van der Waals surface area contributed by atoms with Gasteiger partial charge in [-0.15, -0.1) is 0 Å². The highest BCUT2D eigenvalue weighted by molar-refractivity contribution is 5.96. The van der Waals surface area contributed by atoms with E-state index >= 15 is 0 Å². The van der Waals surface area contributed by atoms with Crippen LogP contribution in [0.3, 0.4) is 0 Å². The highest BCUT2D eigenvalue weighted by Gasteiger charge is 2.19. The van der Waals surface area contributed by atoms with E-state index in [2.05, 4.69) is 5.32 Å². The van der Waals surface area contributed by atoms with E-state index in [1.54, 1.807) is 92.0 Å². The van der Waals surface area contributed by atoms with E-state index in [-0.39, 0.29) is 31.5 Å². The molecule has 10 nitrogen and oxygen atoms in total. The Morgan fingerprint density at radius 1 is 0.733 bits per heavy atom. The molecule has 234 valence electrons. The summed E-state index contributed by atoms with van der Waals surface area (Å²) in [6.07, 6.45) is -1.56. The molecule has 0 bridgehead atoms. The van der Waals surface area contributed by atoms with Gasteiger partial charge in [0.05, 0.1) is 31.7 Å². The Labute approximate surface area is 261 Å². The molecule has 4 aromatic rings. The molecule has 0 saturated heterocycles. The van der Waals surface area contributed by atoms with Crippen LogP contribution in [0, 0.1) is 0 Å². The van der Waals surface area contributed by atoms with E-state index in [4.69, 9.17) is 14.2 Å². The molecule has 4 aromatic carbocycles. The third kappa shape index (κ3) is 9.92. The number of aliphatic hydroxyl groups is 2. The molecule has 0 aliphatic carbocycles. The Hall–Kier alpha value is -5.19. The van der Waals surface area contributed by atoms with Crippen LogP contribution in [0.15, 0.2) is 97.1 Å². The molecule has 45 heavy (non-hydrogen) atoms. The molecular formula is C35H36N2O8. The third-order valence-electron chi connectivity index (χ3n) is 6.58. The number of hydrogen-bond donors (Lipinski definition) is 3. The lowest BCUT2D eigenvalue weighted by molar-refractivity contribution is -0.115. The first kappa shape index (κ1) is 32.7. The second-order valence-electron chi connectivity index (χ2n) is 10.5. The fourth-order valence-electron chi connectivity index (χ4n) is 4.42. The van der Waals surface area contributed by atoms with Crippen LogP contribution in [0.25, 0.3) is 0 Å². The van der Waals surface area contributed by atoms with Crippen molar-refractivity contribution < 1.29 is 38.8 Å². The molecule has 0 aliphatic rings. The summed E-state index contributed by atoms with van der Waals surface area (Å²) in [6, 6.07) is 26.8. The standard InChI is InChI=1S/C35H36N2O8/c1-23(2)44-30-18-10-27(11-19-30)35(42)45-31-16-6-25(7-17-31)21-37(22-33(39)40)34(41)26-8-12-28(13-9-26)36-32(38)20-24-4-14-29(43-3)15-5-24/h4-19,23,33,39-40H,20-22H2,1-3H3,(H,36,38). The van der Waals surface area contributed by atoms with Crippen molar-refractivity contribution >= 4 is 23.5 Å². The van der Waals surface area contributed by atoms with E-state index in [0.29, 0.717) is 39.6 Å². The first-order chi connectivity index (χ1) is 21.6. The number of carbonyl (C=O) groups is 3. The Morgan fingerprint density at radius 3 is 1.87 bits per heavy atom. The van der Waals surface area contributed by atoms with E-state index in [9.17, 15) is 24.6 Å². The second kappa shape index (κ2) is 15.5. The fourth-order valence-corrected chi connectivity index (χ4v) is 4.42. The molecule has 0 spiro atoms. The molecule has 0 radical (unpaired) electrons. The molecule has 3 N–H and O–H groups in total. The van der Waals surface area contributed by atoms with E-state index in [1.165, 1.54) is 4.90 Å². The number of carbonyl (C=O) groups excluding carboxylic acids is 3. The average Bonchev–Trinajstić information content (AvgIpc) is 3.02. The van der Waals surface area contributed by atoms with Crippen LogP contribution in [0.1, 0.15) is 45.7 Å². The average molecular weight is 613 g/mol. The summed E-state index contributed by atoms with van der Waals surface area (Å²) in [5, 5.41) is 22.1. The van der Waals surface area contributed by atoms with Crippen molar-refractivity contribution in [2.24, 2.45) is 0 Å². The zero-order valence-electron chi connectivity index (χ0n) is 25.3. The Kier molecular flexibility index (Phi) is 11.3. The lowest BCUT2D eigenvalue weighted by Gasteiger charge is -2.24. The summed E-state index contributed by atoms with van der Waals surface area (Å²) >= 11 is 0. The van der Waals surface area contributed by atoms with Crippen molar-refractivity contribution in [3.8, 4) is 17.2 Å². The second-order valence-corrected chi connectivity index (χ2v) is 10.5. The van der Waals surface area contributed by atoms with Gasteiger partial charge in [-0.05, 0) is 97.8 Å². The highest BCUT2D eigenvalue weighted by Crippen LogP contribution is 2.20. The van der Waals surface area contributed by atoms with Gasteiger partial charge < -0.3 is 34.6 Å².